The van der Waals surface area contributed by atoms with Gasteiger partial charge in [0.25, 0.3) is 0 Å². The van der Waals surface area contributed by atoms with Crippen LogP contribution in [0.15, 0.2) is 12.3 Å². The summed E-state index contributed by atoms with van der Waals surface area (Å²) in [5, 5.41) is 8.79. The van der Waals surface area contributed by atoms with Crippen molar-refractivity contribution in [3.05, 3.63) is 12.3 Å². The first kappa shape index (κ1) is 4.65. The van der Waals surface area contributed by atoms with E-state index < -0.39 is 0 Å². The first-order valence-electron chi connectivity index (χ1n) is 2.31. The molecule has 0 saturated heterocycles. The molecule has 1 rings (SSSR count). The van der Waals surface area contributed by atoms with Crippen molar-refractivity contribution in [3.8, 4) is 0 Å². The third kappa shape index (κ3) is 0.747. The van der Waals surface area contributed by atoms with Crippen molar-refractivity contribution in [3.63, 3.8) is 0 Å². The van der Waals surface area contributed by atoms with Gasteiger partial charge in [-0.25, -0.2) is 0 Å². The lowest BCUT2D eigenvalue weighted by atomic mass is 10.2. The molecule has 1 N–H and O–H groups in total. The van der Waals surface area contributed by atoms with E-state index in [-0.39, 0.29) is 12.2 Å². The van der Waals surface area contributed by atoms with E-state index in [1.165, 1.54) is 6.26 Å². The molecule has 0 saturated carbocycles. The highest BCUT2D eigenvalue weighted by atomic mass is 16.5. The molecule has 2 nitrogen and oxygen atoms in total. The number of hydrogen-bond donors (Lipinski definition) is 1. The fraction of sp³-hybridized carbons (Fsp3) is 0.600. The zero-order valence-electron chi connectivity index (χ0n) is 4.16. The molecule has 40 valence electrons. The van der Waals surface area contributed by atoms with Gasteiger partial charge in [-0.05, 0) is 13.0 Å². The maximum absolute atomic E-state index is 8.79. The maximum Gasteiger partial charge on any atom is 0.124 e. The summed E-state index contributed by atoms with van der Waals surface area (Å²) in [6.45, 7) is 1.82. The summed E-state index contributed by atoms with van der Waals surface area (Å²) in [5.41, 5.74) is 0. The van der Waals surface area contributed by atoms with Gasteiger partial charge in [0.2, 0.25) is 0 Å². The largest absolute Gasteiger partial charge is 0.496 e. The molecule has 2 unspecified atom stereocenters. The molecule has 1 aliphatic heterocycles. The number of ether oxygens (including phenoxy) is 1. The molecule has 1 heterocycles. The van der Waals surface area contributed by atoms with Crippen LogP contribution < -0.4 is 0 Å². The molecule has 0 fully saturated rings. The van der Waals surface area contributed by atoms with E-state index in [0.29, 0.717) is 0 Å². The average molecular weight is 100 g/mol. The van der Waals surface area contributed by atoms with Crippen LogP contribution in [0.25, 0.3) is 0 Å². The summed E-state index contributed by atoms with van der Waals surface area (Å²) in [6.07, 6.45) is 2.72. The van der Waals surface area contributed by atoms with Crippen molar-refractivity contribution in [2.45, 2.75) is 19.1 Å². The van der Waals surface area contributed by atoms with Gasteiger partial charge in [0.15, 0.2) is 0 Å². The van der Waals surface area contributed by atoms with Crippen LogP contribution in [0.5, 0.6) is 0 Å². The SMILES string of the molecule is CC1OC=CC1O. The van der Waals surface area contributed by atoms with Crippen molar-refractivity contribution in [1.82, 2.24) is 0 Å². The normalized spacial score (nSPS) is 38.6. The Labute approximate surface area is 42.4 Å². The molecule has 0 aromatic rings. The first-order valence-corrected chi connectivity index (χ1v) is 2.31. The lowest BCUT2D eigenvalue weighted by Gasteiger charge is -2.04. The molecule has 1 aliphatic rings. The predicted octanol–water partition coefficient (Wildman–Crippen LogP) is 0.280. The van der Waals surface area contributed by atoms with Crippen LogP contribution in [-0.4, -0.2) is 17.3 Å². The highest BCUT2D eigenvalue weighted by Crippen LogP contribution is 2.07. The van der Waals surface area contributed by atoms with Gasteiger partial charge in [0.05, 0.1) is 6.26 Å². The zero-order chi connectivity index (χ0) is 5.28. The second-order valence-corrected chi connectivity index (χ2v) is 1.66. The maximum atomic E-state index is 8.79. The highest BCUT2D eigenvalue weighted by Gasteiger charge is 2.14. The highest BCUT2D eigenvalue weighted by molar-refractivity contribution is 4.93. The monoisotopic (exact) mass is 100 g/mol. The second-order valence-electron chi connectivity index (χ2n) is 1.66. The van der Waals surface area contributed by atoms with E-state index in [4.69, 9.17) is 9.84 Å². The topological polar surface area (TPSA) is 29.5 Å². The van der Waals surface area contributed by atoms with Gasteiger partial charge in [-0.1, -0.05) is 0 Å². The number of rotatable bonds is 0. The van der Waals surface area contributed by atoms with E-state index in [0.717, 1.165) is 0 Å². The third-order valence-corrected chi connectivity index (χ3v) is 1.05. The number of hydrogen-bond acceptors (Lipinski definition) is 2. The van der Waals surface area contributed by atoms with Crippen LogP contribution in [0.4, 0.5) is 0 Å². The second kappa shape index (κ2) is 1.54. The smallest absolute Gasteiger partial charge is 0.124 e. The van der Waals surface area contributed by atoms with Gasteiger partial charge in [0, 0.05) is 0 Å². The Balaban J connectivity index is 2.45. The molecule has 7 heavy (non-hydrogen) atoms. The summed E-state index contributed by atoms with van der Waals surface area (Å²) in [7, 11) is 0. The Bertz CT molecular complexity index is 88.1. The van der Waals surface area contributed by atoms with Crippen molar-refractivity contribution in [1.29, 1.82) is 0 Å². The van der Waals surface area contributed by atoms with E-state index in [1.54, 1.807) is 6.08 Å². The van der Waals surface area contributed by atoms with Gasteiger partial charge >= 0.3 is 0 Å². The third-order valence-electron chi connectivity index (χ3n) is 1.05. The summed E-state index contributed by atoms with van der Waals surface area (Å²) < 4.78 is 4.83. The Hall–Kier alpha value is -0.500. The van der Waals surface area contributed by atoms with Gasteiger partial charge in [0.1, 0.15) is 12.2 Å². The average Bonchev–Trinajstić information content (AvgIpc) is 1.91. The van der Waals surface area contributed by atoms with Crippen molar-refractivity contribution in [2.75, 3.05) is 0 Å². The molecule has 0 aromatic carbocycles. The summed E-state index contributed by atoms with van der Waals surface area (Å²) in [4.78, 5) is 0. The van der Waals surface area contributed by atoms with Gasteiger partial charge in [-0.3, -0.25) is 0 Å². The fourth-order valence-electron chi connectivity index (χ4n) is 0.487. The van der Waals surface area contributed by atoms with Crippen LogP contribution in [0.1, 0.15) is 6.92 Å². The number of aliphatic hydroxyl groups is 1. The van der Waals surface area contributed by atoms with Crippen molar-refractivity contribution >= 4 is 0 Å². The van der Waals surface area contributed by atoms with Crippen LogP contribution in [0.3, 0.4) is 0 Å². The van der Waals surface area contributed by atoms with Crippen LogP contribution in [0.2, 0.25) is 0 Å². The minimum atomic E-state index is -0.389. The van der Waals surface area contributed by atoms with Crippen molar-refractivity contribution in [2.24, 2.45) is 0 Å². The molecule has 2 atom stereocenters. The molecule has 0 aromatic heterocycles. The minimum absolute atomic E-state index is 0.0417. The predicted molar refractivity (Wildman–Crippen MR) is 25.7 cm³/mol. The van der Waals surface area contributed by atoms with E-state index >= 15 is 0 Å². The zero-order valence-corrected chi connectivity index (χ0v) is 4.16. The summed E-state index contributed by atoms with van der Waals surface area (Å²) in [5.74, 6) is 0. The van der Waals surface area contributed by atoms with E-state index in [9.17, 15) is 0 Å². The quantitative estimate of drug-likeness (QED) is 0.473. The summed E-state index contributed by atoms with van der Waals surface area (Å²) >= 11 is 0. The molecule has 2 heteroatoms. The molecule has 0 bridgehead atoms. The molecule has 0 aliphatic carbocycles. The lowest BCUT2D eigenvalue weighted by molar-refractivity contribution is 0.0768. The Morgan fingerprint density at radius 3 is 2.57 bits per heavy atom. The van der Waals surface area contributed by atoms with Crippen LogP contribution in [-0.2, 0) is 4.74 Å². The minimum Gasteiger partial charge on any atom is -0.496 e. The standard InChI is InChI=1S/C5H8O2/c1-4-5(6)2-3-7-4/h2-6H,1H3. The molecule has 0 amide bonds. The van der Waals surface area contributed by atoms with E-state index in [2.05, 4.69) is 0 Å². The molecular formula is C5H8O2. The van der Waals surface area contributed by atoms with Gasteiger partial charge in [-0.15, -0.1) is 0 Å². The molecule has 0 spiro atoms. The van der Waals surface area contributed by atoms with Crippen LogP contribution in [0, 0.1) is 0 Å². The Morgan fingerprint density at radius 1 is 1.71 bits per heavy atom. The molecule has 0 radical (unpaired) electrons. The van der Waals surface area contributed by atoms with E-state index in [1.807, 2.05) is 6.92 Å². The summed E-state index contributed by atoms with van der Waals surface area (Å²) in [6, 6.07) is 0. The number of aliphatic hydroxyl groups excluding tert-OH is 1. The Morgan fingerprint density at radius 2 is 2.43 bits per heavy atom. The fourth-order valence-corrected chi connectivity index (χ4v) is 0.487. The van der Waals surface area contributed by atoms with Crippen molar-refractivity contribution < 1.29 is 9.84 Å². The van der Waals surface area contributed by atoms with Gasteiger partial charge < -0.3 is 9.84 Å². The Kier molecular flexibility index (Phi) is 1.02. The first-order chi connectivity index (χ1) is 3.30. The molecular weight excluding hydrogens is 92.1 g/mol. The van der Waals surface area contributed by atoms with Crippen LogP contribution >= 0.6 is 0 Å². The van der Waals surface area contributed by atoms with Gasteiger partial charge in [-0.2, -0.15) is 0 Å². The lowest BCUT2D eigenvalue weighted by Crippen LogP contribution is -2.15.